The zero-order chi connectivity index (χ0) is 20.2. The third kappa shape index (κ3) is 7.28. The van der Waals surface area contributed by atoms with Gasteiger partial charge in [-0.2, -0.15) is 0 Å². The quantitative estimate of drug-likeness (QED) is 0.640. The average Bonchev–Trinajstić information content (AvgIpc) is 3.20. The van der Waals surface area contributed by atoms with Gasteiger partial charge in [-0.25, -0.2) is 14.2 Å². The van der Waals surface area contributed by atoms with Crippen molar-refractivity contribution in [3.8, 4) is 0 Å². The second-order valence-electron chi connectivity index (χ2n) is 5.44. The minimum atomic E-state index is -0.977. The number of hydrogen-bond acceptors (Lipinski definition) is 2. The largest absolute Gasteiger partial charge is 0.478 e. The molecule has 0 aliphatic rings. The van der Waals surface area contributed by atoms with E-state index in [-0.39, 0.29) is 5.56 Å². The Bertz CT molecular complexity index is 847. The fourth-order valence-electron chi connectivity index (χ4n) is 2.20. The number of hydrogen-bond donors (Lipinski definition) is 1. The Balaban J connectivity index is 0.00000176. The molecule has 1 aromatic carbocycles. The van der Waals surface area contributed by atoms with Crippen molar-refractivity contribution in [1.29, 1.82) is 0 Å². The van der Waals surface area contributed by atoms with Crippen LogP contribution in [-0.4, -0.2) is 20.6 Å². The van der Waals surface area contributed by atoms with Gasteiger partial charge in [-0.15, -0.1) is 0 Å². The van der Waals surface area contributed by atoms with Crippen LogP contribution in [0.1, 0.15) is 36.7 Å². The number of aromatic nitrogens is 2. The number of carboxylic acids is 1. The third-order valence-corrected chi connectivity index (χ3v) is 3.58. The summed E-state index contributed by atoms with van der Waals surface area (Å²) in [6.45, 7) is 9.79. The van der Waals surface area contributed by atoms with Crippen molar-refractivity contribution >= 4 is 12.0 Å². The van der Waals surface area contributed by atoms with E-state index in [9.17, 15) is 9.18 Å². The summed E-state index contributed by atoms with van der Waals surface area (Å²) in [5, 5.41) is 9.13. The van der Waals surface area contributed by atoms with Gasteiger partial charge in [0.05, 0.1) is 11.9 Å². The molecule has 0 amide bonds. The molecule has 0 unspecified atom stereocenters. The van der Waals surface area contributed by atoms with Crippen LogP contribution in [-0.2, 0) is 6.54 Å². The van der Waals surface area contributed by atoms with E-state index in [1.165, 1.54) is 6.08 Å². The molecule has 2 rings (SSSR count). The maximum atomic E-state index is 13.3. The van der Waals surface area contributed by atoms with Gasteiger partial charge in [0.1, 0.15) is 5.83 Å². The van der Waals surface area contributed by atoms with Crippen LogP contribution in [0.15, 0.2) is 84.8 Å². The molecule has 0 aliphatic heterocycles. The Hall–Kier alpha value is -3.21. The topological polar surface area (TPSA) is 55.1 Å². The smallest absolute Gasteiger partial charge is 0.335 e. The Kier molecular flexibility index (Phi) is 9.23. The molecule has 0 atom stereocenters. The highest BCUT2D eigenvalue weighted by Gasteiger charge is 2.05. The van der Waals surface area contributed by atoms with Crippen molar-refractivity contribution in [2.24, 2.45) is 0 Å². The van der Waals surface area contributed by atoms with Crippen LogP contribution >= 0.6 is 0 Å². The fraction of sp³-hybridized carbons (Fsp3) is 0.182. The fourth-order valence-corrected chi connectivity index (χ4v) is 2.20. The highest BCUT2D eigenvalue weighted by molar-refractivity contribution is 5.88. The number of halogens is 1. The lowest BCUT2D eigenvalue weighted by molar-refractivity contribution is 0.0697. The van der Waals surface area contributed by atoms with Crippen molar-refractivity contribution < 1.29 is 14.3 Å². The number of benzene rings is 1. The molecule has 5 heteroatoms. The van der Waals surface area contributed by atoms with E-state index in [1.54, 1.807) is 36.8 Å². The van der Waals surface area contributed by atoms with Gasteiger partial charge in [-0.1, -0.05) is 38.6 Å². The highest BCUT2D eigenvalue weighted by atomic mass is 19.1. The second-order valence-corrected chi connectivity index (χ2v) is 5.44. The van der Waals surface area contributed by atoms with Gasteiger partial charge in [0.25, 0.3) is 0 Å². The molecule has 0 radical (unpaired) electrons. The number of carbonyl (C=O) groups is 1. The van der Waals surface area contributed by atoms with E-state index in [2.05, 4.69) is 11.6 Å². The summed E-state index contributed by atoms with van der Waals surface area (Å²) in [4.78, 5) is 15.2. The lowest BCUT2D eigenvalue weighted by Crippen LogP contribution is -2.00. The Labute approximate surface area is 159 Å². The molecule has 0 bridgehead atoms. The van der Waals surface area contributed by atoms with E-state index >= 15 is 0 Å². The number of aromatic carboxylic acids is 1. The minimum Gasteiger partial charge on any atom is -0.478 e. The van der Waals surface area contributed by atoms with Gasteiger partial charge in [-0.3, -0.25) is 0 Å². The maximum absolute atomic E-state index is 13.3. The second kappa shape index (κ2) is 11.4. The summed E-state index contributed by atoms with van der Waals surface area (Å²) < 4.78 is 15.2. The average molecular weight is 368 g/mol. The third-order valence-electron chi connectivity index (χ3n) is 3.58. The number of nitrogens with zero attached hydrogens (tertiary/aromatic N) is 2. The van der Waals surface area contributed by atoms with Crippen LogP contribution in [0.25, 0.3) is 6.08 Å². The summed E-state index contributed by atoms with van der Waals surface area (Å²) in [5.41, 5.74) is 2.74. The van der Waals surface area contributed by atoms with Crippen molar-refractivity contribution in [3.63, 3.8) is 0 Å². The predicted molar refractivity (Wildman–Crippen MR) is 108 cm³/mol. The van der Waals surface area contributed by atoms with Crippen LogP contribution in [0, 0.1) is 0 Å². The predicted octanol–water partition coefficient (Wildman–Crippen LogP) is 5.68. The van der Waals surface area contributed by atoms with Gasteiger partial charge in [-0.05, 0) is 54.0 Å². The molecule has 1 aromatic heterocycles. The number of rotatable bonds is 7. The van der Waals surface area contributed by atoms with Crippen LogP contribution in [0.5, 0.6) is 0 Å². The molecule has 0 saturated heterocycles. The van der Waals surface area contributed by atoms with Gasteiger partial charge in [0.15, 0.2) is 0 Å². The van der Waals surface area contributed by atoms with Crippen LogP contribution < -0.4 is 0 Å². The number of allylic oxidation sites excluding steroid dienone is 6. The molecule has 0 aliphatic carbocycles. The van der Waals surface area contributed by atoms with E-state index in [0.717, 1.165) is 22.8 Å². The SMILES string of the molecule is C=C\C(F)=C/C=C(C)/C(=C\c1cccc(C(=O)O)c1)Cn1ccnc1.CC. The molecular formula is C22H25FN2O2. The Morgan fingerprint density at radius 3 is 2.67 bits per heavy atom. The lowest BCUT2D eigenvalue weighted by atomic mass is 10.0. The monoisotopic (exact) mass is 368 g/mol. The first-order valence-corrected chi connectivity index (χ1v) is 8.66. The standard InChI is InChI=1S/C20H19FN2O2.C2H6/c1-3-19(21)8-7-15(2)18(13-23-10-9-22-14-23)12-16-5-4-6-17(11-16)20(24)25;1-2/h3-12,14H,1,13H2,2H3,(H,24,25);1-2H3/b15-7+,18-12-,19-8+;. The van der Waals surface area contributed by atoms with E-state index < -0.39 is 11.8 Å². The summed E-state index contributed by atoms with van der Waals surface area (Å²) in [7, 11) is 0. The van der Waals surface area contributed by atoms with E-state index in [4.69, 9.17) is 5.11 Å². The Morgan fingerprint density at radius 2 is 2.07 bits per heavy atom. The first-order chi connectivity index (χ1) is 13.0. The molecule has 1 N–H and O–H groups in total. The molecule has 0 fully saturated rings. The first-order valence-electron chi connectivity index (χ1n) is 8.66. The summed E-state index contributed by atoms with van der Waals surface area (Å²) >= 11 is 0. The summed E-state index contributed by atoms with van der Waals surface area (Å²) in [6, 6.07) is 6.66. The molecule has 0 saturated carbocycles. The van der Waals surface area contributed by atoms with Gasteiger partial charge >= 0.3 is 5.97 Å². The zero-order valence-electron chi connectivity index (χ0n) is 15.9. The minimum absolute atomic E-state index is 0.218. The lowest BCUT2D eigenvalue weighted by Gasteiger charge is -2.10. The summed E-state index contributed by atoms with van der Waals surface area (Å²) in [6.07, 6.45) is 11.2. The van der Waals surface area contributed by atoms with Crippen LogP contribution in [0.2, 0.25) is 0 Å². The van der Waals surface area contributed by atoms with Gasteiger partial charge in [0, 0.05) is 18.9 Å². The molecule has 142 valence electrons. The number of imidazole rings is 1. The van der Waals surface area contributed by atoms with Crippen molar-refractivity contribution in [2.75, 3.05) is 0 Å². The van der Waals surface area contributed by atoms with Gasteiger partial charge in [0.2, 0.25) is 0 Å². The maximum Gasteiger partial charge on any atom is 0.335 e. The van der Waals surface area contributed by atoms with Crippen molar-refractivity contribution in [3.05, 3.63) is 95.9 Å². The van der Waals surface area contributed by atoms with Crippen LogP contribution in [0.4, 0.5) is 4.39 Å². The highest BCUT2D eigenvalue weighted by Crippen LogP contribution is 2.18. The molecule has 0 spiro atoms. The molecule has 2 aromatic rings. The Morgan fingerprint density at radius 1 is 1.33 bits per heavy atom. The first kappa shape index (κ1) is 21.8. The van der Waals surface area contributed by atoms with Crippen molar-refractivity contribution in [1.82, 2.24) is 9.55 Å². The van der Waals surface area contributed by atoms with E-state index in [0.29, 0.717) is 6.54 Å². The molecule has 27 heavy (non-hydrogen) atoms. The zero-order valence-corrected chi connectivity index (χ0v) is 15.9. The normalized spacial score (nSPS) is 12.2. The molecule has 4 nitrogen and oxygen atoms in total. The summed E-state index contributed by atoms with van der Waals surface area (Å²) in [5.74, 6) is -1.40. The number of carboxylic acid groups (broad SMARTS) is 1. The van der Waals surface area contributed by atoms with E-state index in [1.807, 2.05) is 43.7 Å². The molecular weight excluding hydrogens is 343 g/mol. The van der Waals surface area contributed by atoms with Gasteiger partial charge < -0.3 is 9.67 Å². The molecule has 1 heterocycles. The van der Waals surface area contributed by atoms with Crippen LogP contribution in [0.3, 0.4) is 0 Å². The van der Waals surface area contributed by atoms with Crippen molar-refractivity contribution in [2.45, 2.75) is 27.3 Å².